The lowest BCUT2D eigenvalue weighted by atomic mass is 10.1. The summed E-state index contributed by atoms with van der Waals surface area (Å²) in [6.45, 7) is 2.05. The maximum atomic E-state index is 6.09. The van der Waals surface area contributed by atoms with E-state index >= 15 is 0 Å². The summed E-state index contributed by atoms with van der Waals surface area (Å²) in [6.07, 6.45) is 1.42. The highest BCUT2D eigenvalue weighted by Crippen LogP contribution is 2.30. The molecular weight excluding hydrogens is 325 g/mol. The third-order valence-corrected chi connectivity index (χ3v) is 4.28. The van der Waals surface area contributed by atoms with Gasteiger partial charge in [0.25, 0.3) is 0 Å². The van der Waals surface area contributed by atoms with Crippen LogP contribution in [0, 0.1) is 0 Å². The van der Waals surface area contributed by atoms with Gasteiger partial charge in [-0.05, 0) is 17.7 Å². The second-order valence-corrected chi connectivity index (χ2v) is 5.71. The summed E-state index contributed by atoms with van der Waals surface area (Å²) in [5.74, 6) is 1.36. The van der Waals surface area contributed by atoms with E-state index in [1.165, 1.54) is 6.33 Å². The third-order valence-electron chi connectivity index (χ3n) is 3.54. The zero-order valence-corrected chi connectivity index (χ0v) is 13.5. The number of ether oxygens (including phenoxy) is 2. The second-order valence-electron chi connectivity index (χ2n) is 4.90. The fraction of sp³-hybridized carbons (Fsp3) is 0.333. The molecule has 5 nitrogen and oxygen atoms in total. The Morgan fingerprint density at radius 3 is 2.86 bits per heavy atom. The lowest BCUT2D eigenvalue weighted by Crippen LogP contribution is -2.38. The molecule has 0 saturated carbocycles. The number of morpholine rings is 1. The van der Waals surface area contributed by atoms with E-state index in [9.17, 15) is 0 Å². The van der Waals surface area contributed by atoms with Crippen LogP contribution in [0.5, 0.6) is 5.88 Å². The summed E-state index contributed by atoms with van der Waals surface area (Å²) in [4.78, 5) is 10.5. The van der Waals surface area contributed by atoms with Gasteiger partial charge in [0.05, 0.1) is 23.8 Å². The Kier molecular flexibility index (Phi) is 4.66. The van der Waals surface area contributed by atoms with Crippen molar-refractivity contribution in [1.82, 2.24) is 9.97 Å². The van der Waals surface area contributed by atoms with Crippen LogP contribution in [0.15, 0.2) is 30.6 Å². The molecule has 1 aliphatic rings. The molecule has 116 valence electrons. The minimum atomic E-state index is -0.0792. The second kappa shape index (κ2) is 6.69. The molecule has 0 radical (unpaired) electrons. The highest BCUT2D eigenvalue weighted by Gasteiger charge is 2.23. The van der Waals surface area contributed by atoms with Gasteiger partial charge in [-0.25, -0.2) is 9.97 Å². The van der Waals surface area contributed by atoms with Crippen molar-refractivity contribution in [3.63, 3.8) is 0 Å². The molecule has 1 aromatic carbocycles. The van der Waals surface area contributed by atoms with Crippen LogP contribution in [-0.4, -0.2) is 36.8 Å². The Balaban J connectivity index is 1.80. The Hall–Kier alpha value is -1.56. The molecule has 0 spiro atoms. The monoisotopic (exact) mass is 339 g/mol. The summed E-state index contributed by atoms with van der Waals surface area (Å²) >= 11 is 12.1. The number of aromatic nitrogens is 2. The number of hydrogen-bond donors (Lipinski definition) is 0. The van der Waals surface area contributed by atoms with Crippen molar-refractivity contribution in [2.45, 2.75) is 6.10 Å². The molecule has 1 atom stereocenters. The van der Waals surface area contributed by atoms with E-state index in [4.69, 9.17) is 32.7 Å². The van der Waals surface area contributed by atoms with E-state index in [-0.39, 0.29) is 6.10 Å². The predicted octanol–water partition coefficient (Wildman–Crippen LogP) is 3.37. The number of methoxy groups -OCH3 is 1. The van der Waals surface area contributed by atoms with Gasteiger partial charge in [-0.2, -0.15) is 0 Å². The first-order valence-corrected chi connectivity index (χ1v) is 7.60. The van der Waals surface area contributed by atoms with Crippen molar-refractivity contribution in [2.24, 2.45) is 0 Å². The zero-order valence-electron chi connectivity index (χ0n) is 12.0. The van der Waals surface area contributed by atoms with Gasteiger partial charge < -0.3 is 14.4 Å². The topological polar surface area (TPSA) is 47.5 Å². The van der Waals surface area contributed by atoms with Gasteiger partial charge >= 0.3 is 0 Å². The van der Waals surface area contributed by atoms with Crippen molar-refractivity contribution >= 4 is 29.0 Å². The smallest absolute Gasteiger partial charge is 0.218 e. The van der Waals surface area contributed by atoms with Crippen molar-refractivity contribution in [3.05, 3.63) is 46.2 Å². The van der Waals surface area contributed by atoms with E-state index in [0.717, 1.165) is 17.9 Å². The lowest BCUT2D eigenvalue weighted by molar-refractivity contribution is 0.0395. The zero-order chi connectivity index (χ0) is 15.5. The average Bonchev–Trinajstić information content (AvgIpc) is 2.57. The van der Waals surface area contributed by atoms with Gasteiger partial charge in [0.15, 0.2) is 0 Å². The Labute approximate surface area is 138 Å². The summed E-state index contributed by atoms with van der Waals surface area (Å²) in [5.41, 5.74) is 1.00. The predicted molar refractivity (Wildman–Crippen MR) is 86.0 cm³/mol. The molecule has 0 amide bonds. The van der Waals surface area contributed by atoms with E-state index in [0.29, 0.717) is 29.1 Å². The largest absolute Gasteiger partial charge is 0.481 e. The molecule has 22 heavy (non-hydrogen) atoms. The van der Waals surface area contributed by atoms with Gasteiger partial charge in [-0.3, -0.25) is 0 Å². The summed E-state index contributed by atoms with van der Waals surface area (Å²) < 4.78 is 11.0. The number of rotatable bonds is 3. The standard InChI is InChI=1S/C15H15Cl2N3O2/c1-21-15-7-14(18-9-19-15)20-4-5-22-13(8-20)10-2-3-11(16)12(17)6-10/h2-3,6-7,9,13H,4-5,8H2,1H3/t13-/m1/s1. The highest BCUT2D eigenvalue weighted by atomic mass is 35.5. The maximum absolute atomic E-state index is 6.09. The van der Waals surface area contributed by atoms with Gasteiger partial charge in [-0.1, -0.05) is 29.3 Å². The van der Waals surface area contributed by atoms with Gasteiger partial charge in [-0.15, -0.1) is 0 Å². The molecule has 1 fully saturated rings. The molecule has 2 aromatic rings. The molecule has 2 heterocycles. The van der Waals surface area contributed by atoms with Gasteiger partial charge in [0, 0.05) is 19.2 Å². The quantitative estimate of drug-likeness (QED) is 0.857. The normalized spacial score (nSPS) is 18.3. The molecule has 7 heteroatoms. The number of benzene rings is 1. The van der Waals surface area contributed by atoms with Crippen molar-refractivity contribution in [2.75, 3.05) is 31.7 Å². The molecule has 0 N–H and O–H groups in total. The minimum Gasteiger partial charge on any atom is -0.481 e. The van der Waals surface area contributed by atoms with E-state index in [1.54, 1.807) is 13.2 Å². The number of hydrogen-bond acceptors (Lipinski definition) is 5. The van der Waals surface area contributed by atoms with Crippen LogP contribution in [0.3, 0.4) is 0 Å². The summed E-state index contributed by atoms with van der Waals surface area (Å²) in [6, 6.07) is 7.38. The molecular formula is C15H15Cl2N3O2. The first-order valence-electron chi connectivity index (χ1n) is 6.85. The van der Waals surface area contributed by atoms with Crippen LogP contribution >= 0.6 is 23.2 Å². The van der Waals surface area contributed by atoms with Crippen LogP contribution in [0.4, 0.5) is 5.82 Å². The number of halogens is 2. The average molecular weight is 340 g/mol. The summed E-state index contributed by atoms with van der Waals surface area (Å²) in [5, 5.41) is 1.07. The van der Waals surface area contributed by atoms with Crippen molar-refractivity contribution in [3.8, 4) is 5.88 Å². The van der Waals surface area contributed by atoms with Crippen LogP contribution in [-0.2, 0) is 4.74 Å². The fourth-order valence-electron chi connectivity index (χ4n) is 2.39. The molecule has 1 saturated heterocycles. The van der Waals surface area contributed by atoms with Crippen LogP contribution < -0.4 is 9.64 Å². The molecule has 0 aliphatic carbocycles. The SMILES string of the molecule is COc1cc(N2CCO[C@@H](c3ccc(Cl)c(Cl)c3)C2)ncn1. The van der Waals surface area contributed by atoms with E-state index in [1.807, 2.05) is 18.2 Å². The highest BCUT2D eigenvalue weighted by molar-refractivity contribution is 6.42. The first-order chi connectivity index (χ1) is 10.7. The maximum Gasteiger partial charge on any atom is 0.218 e. The van der Waals surface area contributed by atoms with Crippen molar-refractivity contribution < 1.29 is 9.47 Å². The lowest BCUT2D eigenvalue weighted by Gasteiger charge is -2.34. The van der Waals surface area contributed by atoms with E-state index in [2.05, 4.69) is 14.9 Å². The Morgan fingerprint density at radius 1 is 1.23 bits per heavy atom. The molecule has 1 aliphatic heterocycles. The molecule has 3 rings (SSSR count). The van der Waals surface area contributed by atoms with Gasteiger partial charge in [0.2, 0.25) is 5.88 Å². The minimum absolute atomic E-state index is 0.0792. The summed E-state index contributed by atoms with van der Waals surface area (Å²) in [7, 11) is 1.59. The molecule has 0 unspecified atom stereocenters. The first kappa shape index (κ1) is 15.3. The molecule has 1 aromatic heterocycles. The Bertz CT molecular complexity index is 669. The number of anilines is 1. The fourth-order valence-corrected chi connectivity index (χ4v) is 2.69. The number of nitrogens with zero attached hydrogens (tertiary/aromatic N) is 3. The van der Waals surface area contributed by atoms with Gasteiger partial charge in [0.1, 0.15) is 18.2 Å². The van der Waals surface area contributed by atoms with Crippen LogP contribution in [0.2, 0.25) is 10.0 Å². The third kappa shape index (κ3) is 3.27. The van der Waals surface area contributed by atoms with Crippen LogP contribution in [0.25, 0.3) is 0 Å². The van der Waals surface area contributed by atoms with E-state index < -0.39 is 0 Å². The Morgan fingerprint density at radius 2 is 2.09 bits per heavy atom. The molecule has 0 bridgehead atoms. The van der Waals surface area contributed by atoms with Crippen molar-refractivity contribution in [1.29, 1.82) is 0 Å². The van der Waals surface area contributed by atoms with Crippen LogP contribution in [0.1, 0.15) is 11.7 Å².